The molecule has 2 rings (SSSR count). The molecule has 0 saturated carbocycles. The van der Waals surface area contributed by atoms with Gasteiger partial charge in [0.05, 0.1) is 5.69 Å². The summed E-state index contributed by atoms with van der Waals surface area (Å²) in [5.41, 5.74) is 0.862. The maximum absolute atomic E-state index is 5.77. The molecule has 0 aliphatic carbocycles. The zero-order chi connectivity index (χ0) is 11.2. The molecule has 16 heavy (non-hydrogen) atoms. The van der Waals surface area contributed by atoms with Gasteiger partial charge in [0.25, 0.3) is 0 Å². The molecule has 1 heterocycles. The molecule has 2 nitrogen and oxygen atoms in total. The van der Waals surface area contributed by atoms with E-state index in [-0.39, 0.29) is 6.10 Å². The fraction of sp³-hybridized carbons (Fsp3) is 0.0714. The van der Waals surface area contributed by atoms with Crippen LogP contribution in [0.3, 0.4) is 0 Å². The smallest absolute Gasteiger partial charge is 0.158 e. The monoisotopic (exact) mass is 211 g/mol. The van der Waals surface area contributed by atoms with Crippen molar-refractivity contribution < 1.29 is 4.74 Å². The molecule has 0 radical (unpaired) electrons. The van der Waals surface area contributed by atoms with Crippen LogP contribution >= 0.6 is 0 Å². The van der Waals surface area contributed by atoms with E-state index in [4.69, 9.17) is 4.74 Å². The lowest BCUT2D eigenvalue weighted by molar-refractivity contribution is 0.251. The predicted molar refractivity (Wildman–Crippen MR) is 64.2 cm³/mol. The molecular formula is C14H13NO. The number of para-hydroxylation sites is 1. The maximum Gasteiger partial charge on any atom is 0.158 e. The predicted octanol–water partition coefficient (Wildman–Crippen LogP) is 3.39. The van der Waals surface area contributed by atoms with E-state index in [9.17, 15) is 0 Å². The van der Waals surface area contributed by atoms with Crippen molar-refractivity contribution in [1.82, 2.24) is 4.98 Å². The number of rotatable bonds is 4. The van der Waals surface area contributed by atoms with E-state index in [1.165, 1.54) is 0 Å². The van der Waals surface area contributed by atoms with Crippen molar-refractivity contribution in [1.29, 1.82) is 0 Å². The average Bonchev–Trinajstić information content (AvgIpc) is 2.38. The molecule has 0 saturated heterocycles. The first-order valence-corrected chi connectivity index (χ1v) is 5.15. The number of pyridine rings is 1. The van der Waals surface area contributed by atoms with Gasteiger partial charge in [0.15, 0.2) is 6.10 Å². The summed E-state index contributed by atoms with van der Waals surface area (Å²) in [5.74, 6) is 0.818. The average molecular weight is 211 g/mol. The first-order chi connectivity index (χ1) is 7.90. The molecule has 1 atom stereocenters. The van der Waals surface area contributed by atoms with Crippen LogP contribution in [0, 0.1) is 0 Å². The highest BCUT2D eigenvalue weighted by atomic mass is 16.5. The molecule has 0 fully saturated rings. The summed E-state index contributed by atoms with van der Waals surface area (Å²) in [4.78, 5) is 4.25. The van der Waals surface area contributed by atoms with Crippen molar-refractivity contribution in [3.63, 3.8) is 0 Å². The highest BCUT2D eigenvalue weighted by Crippen LogP contribution is 2.20. The van der Waals surface area contributed by atoms with Crippen molar-refractivity contribution >= 4 is 0 Å². The minimum atomic E-state index is -0.205. The number of nitrogens with zero attached hydrogens (tertiary/aromatic N) is 1. The zero-order valence-electron chi connectivity index (χ0n) is 8.91. The molecule has 1 unspecified atom stereocenters. The van der Waals surface area contributed by atoms with E-state index < -0.39 is 0 Å². The molecule has 1 aromatic heterocycles. The Labute approximate surface area is 95.2 Å². The van der Waals surface area contributed by atoms with Gasteiger partial charge in [0.2, 0.25) is 0 Å². The summed E-state index contributed by atoms with van der Waals surface area (Å²) in [6, 6.07) is 15.4. The summed E-state index contributed by atoms with van der Waals surface area (Å²) in [6.07, 6.45) is 3.29. The third kappa shape index (κ3) is 2.48. The Morgan fingerprint density at radius 2 is 1.81 bits per heavy atom. The Morgan fingerprint density at radius 3 is 2.44 bits per heavy atom. The van der Waals surface area contributed by atoms with Crippen LogP contribution in [-0.2, 0) is 0 Å². The van der Waals surface area contributed by atoms with Crippen molar-refractivity contribution in [2.75, 3.05) is 0 Å². The van der Waals surface area contributed by atoms with Gasteiger partial charge >= 0.3 is 0 Å². The summed E-state index contributed by atoms with van der Waals surface area (Å²) in [6.45, 7) is 3.77. The van der Waals surface area contributed by atoms with Crippen LogP contribution in [0.2, 0.25) is 0 Å². The number of benzene rings is 1. The van der Waals surface area contributed by atoms with Gasteiger partial charge in [0, 0.05) is 6.20 Å². The largest absolute Gasteiger partial charge is 0.480 e. The number of hydrogen-bond donors (Lipinski definition) is 0. The van der Waals surface area contributed by atoms with Gasteiger partial charge in [-0.3, -0.25) is 4.98 Å². The van der Waals surface area contributed by atoms with Crippen LogP contribution in [0.4, 0.5) is 0 Å². The minimum absolute atomic E-state index is 0.205. The molecule has 80 valence electrons. The van der Waals surface area contributed by atoms with Crippen LogP contribution in [-0.4, -0.2) is 4.98 Å². The van der Waals surface area contributed by atoms with Gasteiger partial charge < -0.3 is 4.74 Å². The van der Waals surface area contributed by atoms with E-state index in [1.807, 2.05) is 48.5 Å². The highest BCUT2D eigenvalue weighted by Gasteiger charge is 2.09. The summed E-state index contributed by atoms with van der Waals surface area (Å²) in [5, 5.41) is 0. The zero-order valence-corrected chi connectivity index (χ0v) is 8.91. The molecule has 0 bridgehead atoms. The molecule has 0 aliphatic rings. The first kappa shape index (κ1) is 10.4. The quantitative estimate of drug-likeness (QED) is 0.723. The first-order valence-electron chi connectivity index (χ1n) is 5.15. The second-order valence-electron chi connectivity index (χ2n) is 3.34. The lowest BCUT2D eigenvalue weighted by atomic mass is 10.2. The Hall–Kier alpha value is -2.09. The van der Waals surface area contributed by atoms with Crippen molar-refractivity contribution in [3.05, 3.63) is 73.1 Å². The van der Waals surface area contributed by atoms with E-state index in [2.05, 4.69) is 11.6 Å². The van der Waals surface area contributed by atoms with Crippen molar-refractivity contribution in [3.8, 4) is 5.75 Å². The second kappa shape index (κ2) is 5.12. The lowest BCUT2D eigenvalue weighted by Gasteiger charge is -2.14. The fourth-order valence-electron chi connectivity index (χ4n) is 1.42. The van der Waals surface area contributed by atoms with Crippen LogP contribution in [0.1, 0.15) is 11.8 Å². The molecule has 2 heteroatoms. The van der Waals surface area contributed by atoms with Gasteiger partial charge in [-0.1, -0.05) is 30.8 Å². The van der Waals surface area contributed by atoms with Gasteiger partial charge in [-0.05, 0) is 30.3 Å². The summed E-state index contributed by atoms with van der Waals surface area (Å²) in [7, 11) is 0. The number of ether oxygens (including phenoxy) is 1. The molecule has 0 amide bonds. The summed E-state index contributed by atoms with van der Waals surface area (Å²) >= 11 is 0. The standard InChI is InChI=1S/C14H13NO/c1-2-14(13-10-6-7-11-15-13)16-12-8-4-3-5-9-12/h2-11,14H,1H2. The van der Waals surface area contributed by atoms with Crippen molar-refractivity contribution in [2.24, 2.45) is 0 Å². The Balaban J connectivity index is 2.16. The minimum Gasteiger partial charge on any atom is -0.480 e. The van der Waals surface area contributed by atoms with Gasteiger partial charge in [-0.25, -0.2) is 0 Å². The number of hydrogen-bond acceptors (Lipinski definition) is 2. The molecule has 0 spiro atoms. The number of aromatic nitrogens is 1. The molecule has 1 aromatic carbocycles. The van der Waals surface area contributed by atoms with Crippen molar-refractivity contribution in [2.45, 2.75) is 6.10 Å². The summed E-state index contributed by atoms with van der Waals surface area (Å²) < 4.78 is 5.77. The molecule has 0 N–H and O–H groups in total. The van der Waals surface area contributed by atoms with Gasteiger partial charge in [-0.15, -0.1) is 0 Å². The topological polar surface area (TPSA) is 22.1 Å². The molecule has 0 aliphatic heterocycles. The maximum atomic E-state index is 5.77. The van der Waals surface area contributed by atoms with Gasteiger partial charge in [0.1, 0.15) is 5.75 Å². The van der Waals surface area contributed by atoms with Crippen LogP contribution in [0.25, 0.3) is 0 Å². The third-order valence-corrected chi connectivity index (χ3v) is 2.20. The van der Waals surface area contributed by atoms with Crippen LogP contribution in [0.15, 0.2) is 67.4 Å². The normalized spacial score (nSPS) is 11.8. The van der Waals surface area contributed by atoms with E-state index in [0.29, 0.717) is 0 Å². The van der Waals surface area contributed by atoms with Crippen LogP contribution in [0.5, 0.6) is 5.75 Å². The Bertz CT molecular complexity index is 439. The van der Waals surface area contributed by atoms with Crippen LogP contribution < -0.4 is 4.74 Å². The molecule has 2 aromatic rings. The lowest BCUT2D eigenvalue weighted by Crippen LogP contribution is -2.05. The van der Waals surface area contributed by atoms with E-state index >= 15 is 0 Å². The van der Waals surface area contributed by atoms with E-state index in [0.717, 1.165) is 11.4 Å². The third-order valence-electron chi connectivity index (χ3n) is 2.20. The Kier molecular flexibility index (Phi) is 3.34. The van der Waals surface area contributed by atoms with E-state index in [1.54, 1.807) is 12.3 Å². The van der Waals surface area contributed by atoms with Gasteiger partial charge in [-0.2, -0.15) is 0 Å². The molecular weight excluding hydrogens is 198 g/mol. The fourth-order valence-corrected chi connectivity index (χ4v) is 1.42. The highest BCUT2D eigenvalue weighted by molar-refractivity contribution is 5.23. The Morgan fingerprint density at radius 1 is 1.06 bits per heavy atom. The second-order valence-corrected chi connectivity index (χ2v) is 3.34. The SMILES string of the molecule is C=CC(Oc1ccccc1)c1ccccn1.